The third kappa shape index (κ3) is 3.47. The summed E-state index contributed by atoms with van der Waals surface area (Å²) in [6.45, 7) is 7.80. The zero-order chi connectivity index (χ0) is 19.6. The molecule has 6 heteroatoms. The van der Waals surface area contributed by atoms with Gasteiger partial charge in [0.1, 0.15) is 0 Å². The molecule has 0 saturated carbocycles. The van der Waals surface area contributed by atoms with E-state index in [0.29, 0.717) is 16.6 Å². The van der Waals surface area contributed by atoms with Crippen LogP contribution in [0.3, 0.4) is 0 Å². The topological polar surface area (TPSA) is 35.6 Å². The first-order chi connectivity index (χ1) is 12.9. The number of anilines is 1. The smallest absolute Gasteiger partial charge is 0.254 e. The fraction of sp³-hybridized carbons (Fsp3) is 0.381. The Morgan fingerprint density at radius 2 is 1.70 bits per heavy atom. The van der Waals surface area contributed by atoms with E-state index in [1.165, 1.54) is 0 Å². The SMILES string of the molecule is CCN(CC)CCN(C)C1(c2ccccc2Cl)C(=O)Nc2ccc(Cl)cc21. The highest BCUT2D eigenvalue weighted by molar-refractivity contribution is 6.32. The Kier molecular flexibility index (Phi) is 6.11. The lowest BCUT2D eigenvalue weighted by Crippen LogP contribution is -2.52. The van der Waals surface area contributed by atoms with Crippen molar-refractivity contribution in [3.8, 4) is 0 Å². The second kappa shape index (κ2) is 8.19. The van der Waals surface area contributed by atoms with Gasteiger partial charge in [-0.25, -0.2) is 0 Å². The number of carbonyl (C=O) groups is 1. The van der Waals surface area contributed by atoms with Gasteiger partial charge in [-0.3, -0.25) is 9.69 Å². The van der Waals surface area contributed by atoms with Crippen molar-refractivity contribution < 1.29 is 4.79 Å². The molecule has 1 aliphatic rings. The lowest BCUT2D eigenvalue weighted by molar-refractivity contribution is -0.124. The molecule has 2 aromatic carbocycles. The second-order valence-corrected chi connectivity index (χ2v) is 7.63. The van der Waals surface area contributed by atoms with Crippen molar-refractivity contribution in [2.24, 2.45) is 0 Å². The Morgan fingerprint density at radius 1 is 1.00 bits per heavy atom. The molecular weight excluding hydrogens is 381 g/mol. The number of likely N-dealkylation sites (N-methyl/N-ethyl adjacent to an activating group) is 2. The summed E-state index contributed by atoms with van der Waals surface area (Å²) < 4.78 is 0. The Morgan fingerprint density at radius 3 is 2.37 bits per heavy atom. The van der Waals surface area contributed by atoms with Gasteiger partial charge in [-0.1, -0.05) is 55.2 Å². The first-order valence-corrected chi connectivity index (χ1v) is 10.0. The molecule has 144 valence electrons. The summed E-state index contributed by atoms with van der Waals surface area (Å²) in [7, 11) is 1.97. The largest absolute Gasteiger partial charge is 0.324 e. The fourth-order valence-corrected chi connectivity index (χ4v) is 4.31. The first-order valence-electron chi connectivity index (χ1n) is 9.25. The maximum atomic E-state index is 13.4. The molecule has 4 nitrogen and oxygen atoms in total. The summed E-state index contributed by atoms with van der Waals surface area (Å²) in [5.74, 6) is -0.102. The number of hydrogen-bond donors (Lipinski definition) is 1. The zero-order valence-electron chi connectivity index (χ0n) is 15.9. The third-order valence-corrected chi connectivity index (χ3v) is 6.00. The van der Waals surface area contributed by atoms with Crippen molar-refractivity contribution in [2.45, 2.75) is 19.4 Å². The predicted molar refractivity (Wildman–Crippen MR) is 113 cm³/mol. The molecule has 1 atom stereocenters. The third-order valence-electron chi connectivity index (χ3n) is 5.43. The predicted octanol–water partition coefficient (Wildman–Crippen LogP) is 4.46. The van der Waals surface area contributed by atoms with Crippen LogP contribution in [0.25, 0.3) is 0 Å². The Bertz CT molecular complexity index is 838. The van der Waals surface area contributed by atoms with Crippen LogP contribution in [0.1, 0.15) is 25.0 Å². The maximum Gasteiger partial charge on any atom is 0.254 e. The lowest BCUT2D eigenvalue weighted by Gasteiger charge is -2.39. The molecule has 27 heavy (non-hydrogen) atoms. The van der Waals surface area contributed by atoms with Crippen molar-refractivity contribution in [1.82, 2.24) is 9.80 Å². The highest BCUT2D eigenvalue weighted by Crippen LogP contribution is 2.47. The molecule has 3 rings (SSSR count). The first kappa shape index (κ1) is 20.2. The Balaban J connectivity index is 2.14. The minimum atomic E-state index is -1.01. The van der Waals surface area contributed by atoms with Crippen molar-refractivity contribution in [3.05, 3.63) is 63.6 Å². The zero-order valence-corrected chi connectivity index (χ0v) is 17.4. The number of halogens is 2. The van der Waals surface area contributed by atoms with Crippen molar-refractivity contribution in [1.29, 1.82) is 0 Å². The van der Waals surface area contributed by atoms with Gasteiger partial charge in [0.15, 0.2) is 5.54 Å². The molecule has 1 aliphatic heterocycles. The van der Waals surface area contributed by atoms with E-state index in [0.717, 1.165) is 36.4 Å². The van der Waals surface area contributed by atoms with Gasteiger partial charge in [-0.15, -0.1) is 0 Å². The van der Waals surface area contributed by atoms with Crippen molar-refractivity contribution in [2.75, 3.05) is 38.5 Å². The molecule has 1 N–H and O–H groups in total. The van der Waals surface area contributed by atoms with Gasteiger partial charge in [-0.05, 0) is 44.4 Å². The summed E-state index contributed by atoms with van der Waals surface area (Å²) in [6, 6.07) is 13.0. The van der Waals surface area contributed by atoms with Crippen LogP contribution < -0.4 is 5.32 Å². The van der Waals surface area contributed by atoms with Gasteiger partial charge in [0, 0.05) is 39.9 Å². The van der Waals surface area contributed by atoms with Gasteiger partial charge < -0.3 is 10.2 Å². The molecule has 0 radical (unpaired) electrons. The number of rotatable bonds is 7. The maximum absolute atomic E-state index is 13.4. The van der Waals surface area contributed by atoms with Crippen LogP contribution in [0.2, 0.25) is 10.0 Å². The van der Waals surface area contributed by atoms with E-state index in [4.69, 9.17) is 23.2 Å². The van der Waals surface area contributed by atoms with Gasteiger partial charge in [0.2, 0.25) is 0 Å². The number of benzene rings is 2. The number of hydrogen-bond acceptors (Lipinski definition) is 3. The van der Waals surface area contributed by atoms with Crippen molar-refractivity contribution >= 4 is 34.8 Å². The minimum absolute atomic E-state index is 0.102. The van der Waals surface area contributed by atoms with E-state index in [1.807, 2.05) is 43.4 Å². The molecule has 0 spiro atoms. The summed E-state index contributed by atoms with van der Waals surface area (Å²) in [4.78, 5) is 17.8. The average molecular weight is 406 g/mol. The molecule has 1 amide bonds. The number of amides is 1. The number of nitrogens with zero attached hydrogens (tertiary/aromatic N) is 2. The summed E-state index contributed by atoms with van der Waals surface area (Å²) in [5.41, 5.74) is 1.38. The van der Waals surface area contributed by atoms with E-state index in [2.05, 4.69) is 29.0 Å². The van der Waals surface area contributed by atoms with E-state index >= 15 is 0 Å². The highest BCUT2D eigenvalue weighted by Gasteiger charge is 2.52. The summed E-state index contributed by atoms with van der Waals surface area (Å²) >= 11 is 12.9. The van der Waals surface area contributed by atoms with Crippen LogP contribution in [0.4, 0.5) is 5.69 Å². The summed E-state index contributed by atoms with van der Waals surface area (Å²) in [6.07, 6.45) is 0. The van der Waals surface area contributed by atoms with E-state index < -0.39 is 5.54 Å². The lowest BCUT2D eigenvalue weighted by atomic mass is 9.82. The van der Waals surface area contributed by atoms with Gasteiger partial charge in [-0.2, -0.15) is 0 Å². The van der Waals surface area contributed by atoms with Crippen LogP contribution >= 0.6 is 23.2 Å². The number of fused-ring (bicyclic) bond motifs is 1. The van der Waals surface area contributed by atoms with Gasteiger partial charge in [0.05, 0.1) is 0 Å². The molecule has 0 bridgehead atoms. The van der Waals surface area contributed by atoms with Gasteiger partial charge >= 0.3 is 0 Å². The molecule has 2 aromatic rings. The Hall–Kier alpha value is -1.59. The second-order valence-electron chi connectivity index (χ2n) is 6.78. The molecule has 1 heterocycles. The molecule has 0 aromatic heterocycles. The fourth-order valence-electron chi connectivity index (χ4n) is 3.87. The van der Waals surface area contributed by atoms with E-state index in [-0.39, 0.29) is 5.91 Å². The van der Waals surface area contributed by atoms with Crippen LogP contribution in [0, 0.1) is 0 Å². The van der Waals surface area contributed by atoms with Crippen LogP contribution in [-0.2, 0) is 10.3 Å². The highest BCUT2D eigenvalue weighted by atomic mass is 35.5. The normalized spacial score (nSPS) is 18.9. The monoisotopic (exact) mass is 405 g/mol. The van der Waals surface area contributed by atoms with Gasteiger partial charge in [0.25, 0.3) is 5.91 Å². The van der Waals surface area contributed by atoms with E-state index in [9.17, 15) is 4.79 Å². The molecule has 0 aliphatic carbocycles. The standard InChI is InChI=1S/C21H25Cl2N3O/c1-4-26(5-2)13-12-25(3)21(16-8-6-7-9-18(16)23)17-14-15(22)10-11-19(17)24-20(21)27/h6-11,14H,4-5,12-13H2,1-3H3,(H,24,27). The van der Waals surface area contributed by atoms with Crippen LogP contribution in [-0.4, -0.2) is 48.9 Å². The number of carbonyl (C=O) groups excluding carboxylic acids is 1. The number of nitrogens with one attached hydrogen (secondary N) is 1. The minimum Gasteiger partial charge on any atom is -0.324 e. The Labute approximate surface area is 171 Å². The van der Waals surface area contributed by atoms with Crippen molar-refractivity contribution in [3.63, 3.8) is 0 Å². The van der Waals surface area contributed by atoms with E-state index in [1.54, 1.807) is 6.07 Å². The molecule has 0 fully saturated rings. The van der Waals surface area contributed by atoms with Crippen LogP contribution in [0.5, 0.6) is 0 Å². The molecule has 0 saturated heterocycles. The summed E-state index contributed by atoms with van der Waals surface area (Å²) in [5, 5.41) is 4.19. The average Bonchev–Trinajstić information content (AvgIpc) is 2.95. The molecular formula is C21H25Cl2N3O. The quantitative estimate of drug-likeness (QED) is 0.738. The molecule has 1 unspecified atom stereocenters. The van der Waals surface area contributed by atoms with Crippen LogP contribution in [0.15, 0.2) is 42.5 Å².